The van der Waals surface area contributed by atoms with E-state index in [1.165, 1.54) is 14.2 Å². The van der Waals surface area contributed by atoms with Crippen LogP contribution < -0.4 is 15.4 Å². The lowest BCUT2D eigenvalue weighted by molar-refractivity contribution is -0.136. The number of carbonyl (C=O) groups excluding carboxylic acids is 3. The molecule has 174 valence electrons. The molecule has 2 aromatic carbocycles. The van der Waals surface area contributed by atoms with Gasteiger partial charge in [0.2, 0.25) is 0 Å². The summed E-state index contributed by atoms with van der Waals surface area (Å²) in [6, 6.07) is 12.9. The molecule has 3 rings (SSSR count). The highest BCUT2D eigenvalue weighted by Gasteiger charge is 2.36. The Hall–Kier alpha value is -3.81. The summed E-state index contributed by atoms with van der Waals surface area (Å²) in [5, 5.41) is 5.77. The fraction of sp³-hybridized carbons (Fsp3) is 0.320. The number of unbranched alkanes of at least 4 members (excludes halogenated alkanes) is 1. The Morgan fingerprint density at radius 3 is 2.58 bits per heavy atom. The first kappa shape index (κ1) is 23.8. The van der Waals surface area contributed by atoms with Gasteiger partial charge in [-0.1, -0.05) is 31.5 Å². The molecule has 33 heavy (non-hydrogen) atoms. The third-order valence-corrected chi connectivity index (χ3v) is 5.55. The first-order valence-electron chi connectivity index (χ1n) is 10.8. The van der Waals surface area contributed by atoms with E-state index in [4.69, 9.17) is 9.47 Å². The highest BCUT2D eigenvalue weighted by Crippen LogP contribution is 2.32. The van der Waals surface area contributed by atoms with Gasteiger partial charge in [-0.15, -0.1) is 0 Å². The molecule has 2 aromatic rings. The van der Waals surface area contributed by atoms with Crippen molar-refractivity contribution in [1.82, 2.24) is 10.2 Å². The molecule has 1 heterocycles. The van der Waals surface area contributed by atoms with Crippen LogP contribution in [0.5, 0.6) is 5.75 Å². The molecule has 0 aliphatic carbocycles. The molecule has 1 atom stereocenters. The molecule has 2 N–H and O–H groups in total. The summed E-state index contributed by atoms with van der Waals surface area (Å²) in [7, 11) is 2.86. The predicted molar refractivity (Wildman–Crippen MR) is 125 cm³/mol. The topological polar surface area (TPSA) is 97.0 Å². The fourth-order valence-electron chi connectivity index (χ4n) is 3.75. The Kier molecular flexibility index (Phi) is 7.71. The second kappa shape index (κ2) is 10.7. The van der Waals surface area contributed by atoms with Crippen molar-refractivity contribution in [3.05, 3.63) is 70.9 Å². The third kappa shape index (κ3) is 5.34. The lowest BCUT2D eigenvalue weighted by Gasteiger charge is -2.35. The van der Waals surface area contributed by atoms with E-state index in [2.05, 4.69) is 10.6 Å². The number of allylic oxidation sites excluding steroid dienone is 1. The minimum Gasteiger partial charge on any atom is -0.497 e. The van der Waals surface area contributed by atoms with Crippen LogP contribution in [0.3, 0.4) is 0 Å². The molecule has 0 fully saturated rings. The second-order valence-corrected chi connectivity index (χ2v) is 7.69. The third-order valence-electron chi connectivity index (χ3n) is 5.55. The average molecular weight is 452 g/mol. The van der Waals surface area contributed by atoms with Crippen molar-refractivity contribution in [2.24, 2.45) is 0 Å². The van der Waals surface area contributed by atoms with Crippen LogP contribution in [0.25, 0.3) is 0 Å². The van der Waals surface area contributed by atoms with Gasteiger partial charge in [-0.2, -0.15) is 0 Å². The minimum absolute atomic E-state index is 0.274. The number of benzene rings is 2. The number of rotatable bonds is 8. The molecule has 0 aromatic heterocycles. The number of nitrogens with one attached hydrogen (secondary N) is 2. The Morgan fingerprint density at radius 1 is 1.12 bits per heavy atom. The average Bonchev–Trinajstić information content (AvgIpc) is 2.83. The van der Waals surface area contributed by atoms with Crippen LogP contribution in [-0.4, -0.2) is 43.6 Å². The van der Waals surface area contributed by atoms with Crippen molar-refractivity contribution in [2.45, 2.75) is 32.7 Å². The number of esters is 1. The number of ether oxygens (including phenoxy) is 2. The van der Waals surface area contributed by atoms with Gasteiger partial charge in [0.25, 0.3) is 5.91 Å². The number of anilines is 1. The van der Waals surface area contributed by atoms with Crippen LogP contribution in [0.2, 0.25) is 0 Å². The highest BCUT2D eigenvalue weighted by molar-refractivity contribution is 6.04. The minimum atomic E-state index is -0.698. The molecule has 0 bridgehead atoms. The normalized spacial score (nSPS) is 15.7. The van der Waals surface area contributed by atoms with Crippen LogP contribution in [0.4, 0.5) is 10.5 Å². The molecule has 0 saturated heterocycles. The van der Waals surface area contributed by atoms with Gasteiger partial charge in [0.15, 0.2) is 0 Å². The molecule has 0 spiro atoms. The quantitative estimate of drug-likeness (QED) is 0.585. The van der Waals surface area contributed by atoms with Crippen molar-refractivity contribution >= 4 is 23.6 Å². The number of methoxy groups -OCH3 is 2. The fourth-order valence-corrected chi connectivity index (χ4v) is 3.75. The number of urea groups is 1. The van der Waals surface area contributed by atoms with Crippen molar-refractivity contribution in [3.63, 3.8) is 0 Å². The Balaban J connectivity index is 1.91. The van der Waals surface area contributed by atoms with E-state index in [1.807, 2.05) is 6.92 Å². The zero-order valence-electron chi connectivity index (χ0n) is 19.3. The summed E-state index contributed by atoms with van der Waals surface area (Å²) in [5.74, 6) is -0.230. The van der Waals surface area contributed by atoms with Crippen LogP contribution in [0.1, 0.15) is 48.7 Å². The van der Waals surface area contributed by atoms with Crippen LogP contribution in [0, 0.1) is 0 Å². The maximum Gasteiger partial charge on any atom is 0.337 e. The second-order valence-electron chi connectivity index (χ2n) is 7.69. The number of carbonyl (C=O) groups is 3. The van der Waals surface area contributed by atoms with Gasteiger partial charge in [-0.05, 0) is 49.2 Å². The SMILES string of the molecule is CCCCN1C(=O)NC(c2cccc(NC(=O)c3cccc(OC)c3)c2)C(C(=O)OC)=C1C. The van der Waals surface area contributed by atoms with Crippen LogP contribution >= 0.6 is 0 Å². The monoisotopic (exact) mass is 451 g/mol. The maximum atomic E-state index is 12.8. The van der Waals surface area contributed by atoms with E-state index in [0.717, 1.165) is 12.8 Å². The number of amides is 3. The van der Waals surface area contributed by atoms with E-state index in [0.29, 0.717) is 40.4 Å². The van der Waals surface area contributed by atoms with Crippen LogP contribution in [0.15, 0.2) is 59.8 Å². The summed E-state index contributed by atoms with van der Waals surface area (Å²) in [4.78, 5) is 39.7. The maximum absolute atomic E-state index is 12.8. The molecule has 1 unspecified atom stereocenters. The van der Waals surface area contributed by atoms with E-state index in [1.54, 1.807) is 60.4 Å². The van der Waals surface area contributed by atoms with Gasteiger partial charge in [0.05, 0.1) is 25.8 Å². The molecule has 1 aliphatic heterocycles. The number of nitrogens with zero attached hydrogens (tertiary/aromatic N) is 1. The molecule has 0 radical (unpaired) electrons. The van der Waals surface area contributed by atoms with E-state index in [9.17, 15) is 14.4 Å². The molecule has 1 aliphatic rings. The van der Waals surface area contributed by atoms with Crippen molar-refractivity contribution < 1.29 is 23.9 Å². The lowest BCUT2D eigenvalue weighted by Crippen LogP contribution is -2.48. The highest BCUT2D eigenvalue weighted by atomic mass is 16.5. The Bertz CT molecular complexity index is 1080. The van der Waals surface area contributed by atoms with Gasteiger partial charge >= 0.3 is 12.0 Å². The molecule has 8 heteroatoms. The first-order chi connectivity index (χ1) is 15.9. The van der Waals surface area contributed by atoms with E-state index in [-0.39, 0.29) is 11.9 Å². The first-order valence-corrected chi connectivity index (χ1v) is 10.8. The predicted octanol–water partition coefficient (Wildman–Crippen LogP) is 4.26. The van der Waals surface area contributed by atoms with Gasteiger partial charge in [-0.25, -0.2) is 9.59 Å². The van der Waals surface area contributed by atoms with Gasteiger partial charge in [0.1, 0.15) is 5.75 Å². The van der Waals surface area contributed by atoms with Gasteiger partial charge < -0.3 is 20.1 Å². The summed E-state index contributed by atoms with van der Waals surface area (Å²) < 4.78 is 10.2. The van der Waals surface area contributed by atoms with E-state index >= 15 is 0 Å². The van der Waals surface area contributed by atoms with Crippen molar-refractivity contribution in [1.29, 1.82) is 0 Å². The summed E-state index contributed by atoms with van der Waals surface area (Å²) in [6.07, 6.45) is 1.73. The zero-order valence-corrected chi connectivity index (χ0v) is 19.3. The smallest absolute Gasteiger partial charge is 0.337 e. The number of hydrogen-bond donors (Lipinski definition) is 2. The standard InChI is InChI=1S/C25H29N3O5/c1-5-6-13-28-16(2)21(24(30)33-4)22(27-25(28)31)17-9-7-11-19(14-17)26-23(29)18-10-8-12-20(15-18)32-3/h7-12,14-15,22H,5-6,13H2,1-4H3,(H,26,29)(H,27,31). The Morgan fingerprint density at radius 2 is 1.88 bits per heavy atom. The number of hydrogen-bond acceptors (Lipinski definition) is 5. The molecule has 8 nitrogen and oxygen atoms in total. The summed E-state index contributed by atoms with van der Waals surface area (Å²) >= 11 is 0. The zero-order chi connectivity index (χ0) is 24.0. The van der Waals surface area contributed by atoms with Crippen molar-refractivity contribution in [2.75, 3.05) is 26.1 Å². The van der Waals surface area contributed by atoms with Crippen LogP contribution in [-0.2, 0) is 9.53 Å². The largest absolute Gasteiger partial charge is 0.497 e. The molecular formula is C25H29N3O5. The van der Waals surface area contributed by atoms with Crippen molar-refractivity contribution in [3.8, 4) is 5.75 Å². The summed E-state index contributed by atoms with van der Waals surface area (Å²) in [6.45, 7) is 4.30. The Labute approximate surface area is 193 Å². The van der Waals surface area contributed by atoms with Gasteiger partial charge in [0, 0.05) is 23.5 Å². The molecule has 0 saturated carbocycles. The lowest BCUT2D eigenvalue weighted by atomic mass is 9.94. The van der Waals surface area contributed by atoms with E-state index < -0.39 is 12.0 Å². The molecule has 3 amide bonds. The van der Waals surface area contributed by atoms with Gasteiger partial charge in [-0.3, -0.25) is 9.69 Å². The summed E-state index contributed by atoms with van der Waals surface area (Å²) in [5.41, 5.74) is 2.56. The molecular weight excluding hydrogens is 422 g/mol.